The Morgan fingerprint density at radius 3 is 2.55 bits per heavy atom. The highest BCUT2D eigenvalue weighted by Crippen LogP contribution is 2.28. The van der Waals surface area contributed by atoms with E-state index in [-0.39, 0.29) is 35.4 Å². The first-order valence-corrected chi connectivity index (χ1v) is 10.7. The summed E-state index contributed by atoms with van der Waals surface area (Å²) in [6.45, 7) is 10.6. The molecule has 0 amide bonds. The maximum absolute atomic E-state index is 6.52. The van der Waals surface area contributed by atoms with E-state index in [0.717, 1.165) is 42.6 Å². The molecule has 1 fully saturated rings. The third-order valence-electron chi connectivity index (χ3n) is 5.14. The van der Waals surface area contributed by atoms with Crippen molar-refractivity contribution in [3.05, 3.63) is 52.7 Å². The lowest BCUT2D eigenvalue weighted by Crippen LogP contribution is -2.46. The van der Waals surface area contributed by atoms with Gasteiger partial charge in [-0.25, -0.2) is 4.98 Å². The van der Waals surface area contributed by atoms with Crippen molar-refractivity contribution in [2.75, 3.05) is 39.9 Å². The Bertz CT molecular complexity index is 846. The lowest BCUT2D eigenvalue weighted by atomic mass is 9.94. The molecule has 0 bridgehead atoms. The monoisotopic (exact) mass is 561 g/mol. The highest BCUT2D eigenvalue weighted by atomic mass is 127. The summed E-state index contributed by atoms with van der Waals surface area (Å²) in [7, 11) is 1.75. The van der Waals surface area contributed by atoms with Crippen LogP contribution in [0, 0.1) is 0 Å². The van der Waals surface area contributed by atoms with E-state index in [4.69, 9.17) is 20.8 Å². The number of oxazole rings is 1. The van der Waals surface area contributed by atoms with Crippen molar-refractivity contribution in [1.82, 2.24) is 20.5 Å². The van der Waals surface area contributed by atoms with Crippen LogP contribution in [0.25, 0.3) is 0 Å². The highest BCUT2D eigenvalue weighted by Gasteiger charge is 2.25. The van der Waals surface area contributed by atoms with Crippen molar-refractivity contribution in [2.24, 2.45) is 4.99 Å². The van der Waals surface area contributed by atoms with Crippen LogP contribution in [-0.2, 0) is 16.7 Å². The Morgan fingerprint density at radius 2 is 1.94 bits per heavy atom. The highest BCUT2D eigenvalue weighted by molar-refractivity contribution is 14.0. The van der Waals surface area contributed by atoms with E-state index in [2.05, 4.69) is 52.3 Å². The number of guanidine groups is 1. The van der Waals surface area contributed by atoms with E-state index in [0.29, 0.717) is 24.9 Å². The average molecular weight is 562 g/mol. The minimum Gasteiger partial charge on any atom is -0.443 e. The smallest absolute Gasteiger partial charge is 0.213 e. The second-order valence-corrected chi connectivity index (χ2v) is 8.77. The molecule has 0 saturated carbocycles. The quantitative estimate of drug-likeness (QED) is 0.316. The molecular weight excluding hydrogens is 529 g/mol. The zero-order valence-electron chi connectivity index (χ0n) is 18.7. The summed E-state index contributed by atoms with van der Waals surface area (Å²) < 4.78 is 11.4. The number of hydrogen-bond acceptors (Lipinski definition) is 5. The second kappa shape index (κ2) is 12.0. The molecule has 0 aliphatic carbocycles. The van der Waals surface area contributed by atoms with E-state index >= 15 is 0 Å². The van der Waals surface area contributed by atoms with Gasteiger partial charge in [-0.2, -0.15) is 0 Å². The van der Waals surface area contributed by atoms with Gasteiger partial charge in [0.2, 0.25) is 5.89 Å². The Balaban J connectivity index is 0.00000341. The van der Waals surface area contributed by atoms with Crippen LogP contribution in [0.3, 0.4) is 0 Å². The molecule has 0 spiro atoms. The summed E-state index contributed by atoms with van der Waals surface area (Å²) in [6, 6.07) is 8.12. The summed E-state index contributed by atoms with van der Waals surface area (Å²) in [5.74, 6) is 2.20. The minimum atomic E-state index is -0.0640. The lowest BCUT2D eigenvalue weighted by molar-refractivity contribution is 0.0170. The third-order valence-corrected chi connectivity index (χ3v) is 5.48. The van der Waals surface area contributed by atoms with Crippen LogP contribution in [-0.4, -0.2) is 55.7 Å². The predicted molar refractivity (Wildman–Crippen MR) is 135 cm³/mol. The zero-order valence-corrected chi connectivity index (χ0v) is 21.7. The molecule has 9 heteroatoms. The van der Waals surface area contributed by atoms with Crippen molar-refractivity contribution >= 4 is 41.5 Å². The topological polar surface area (TPSA) is 74.9 Å². The van der Waals surface area contributed by atoms with Crippen molar-refractivity contribution in [3.8, 4) is 0 Å². The molecule has 172 valence electrons. The molecule has 2 heterocycles. The van der Waals surface area contributed by atoms with E-state index in [1.165, 1.54) is 0 Å². The van der Waals surface area contributed by atoms with Gasteiger partial charge in [-0.1, -0.05) is 50.6 Å². The van der Waals surface area contributed by atoms with Crippen LogP contribution in [0.1, 0.15) is 44.0 Å². The Kier molecular flexibility index (Phi) is 10.1. The first kappa shape index (κ1) is 25.9. The molecule has 2 aromatic rings. The molecule has 1 aromatic heterocycles. The summed E-state index contributed by atoms with van der Waals surface area (Å²) in [5.41, 5.74) is 1.04. The summed E-state index contributed by atoms with van der Waals surface area (Å²) in [4.78, 5) is 11.1. The van der Waals surface area contributed by atoms with E-state index in [1.54, 1.807) is 13.2 Å². The number of morpholine rings is 1. The van der Waals surface area contributed by atoms with Gasteiger partial charge in [0.15, 0.2) is 5.96 Å². The van der Waals surface area contributed by atoms with Gasteiger partial charge >= 0.3 is 0 Å². The first-order valence-electron chi connectivity index (χ1n) is 10.3. The van der Waals surface area contributed by atoms with Crippen LogP contribution in [0.5, 0.6) is 0 Å². The van der Waals surface area contributed by atoms with Gasteiger partial charge in [0.25, 0.3) is 0 Å². The fraction of sp³-hybridized carbons (Fsp3) is 0.545. The number of nitrogens with zero attached hydrogens (tertiary/aromatic N) is 3. The number of aliphatic imine (C=N–C) groups is 1. The zero-order chi connectivity index (χ0) is 21.6. The van der Waals surface area contributed by atoms with Gasteiger partial charge in [-0.3, -0.25) is 9.89 Å². The summed E-state index contributed by atoms with van der Waals surface area (Å²) in [6.07, 6.45) is 1.79. The molecule has 1 atom stereocenters. The van der Waals surface area contributed by atoms with Gasteiger partial charge in [-0.05, 0) is 11.6 Å². The van der Waals surface area contributed by atoms with Gasteiger partial charge in [0.1, 0.15) is 5.76 Å². The molecule has 2 N–H and O–H groups in total. The van der Waals surface area contributed by atoms with Crippen molar-refractivity contribution in [2.45, 2.75) is 38.8 Å². The van der Waals surface area contributed by atoms with Crippen molar-refractivity contribution in [3.63, 3.8) is 0 Å². The molecular formula is C22H33ClIN5O2. The second-order valence-electron chi connectivity index (χ2n) is 8.36. The molecule has 3 rings (SSSR count). The third kappa shape index (κ3) is 7.34. The number of benzene rings is 1. The normalized spacial score (nSPS) is 16.5. The van der Waals surface area contributed by atoms with Gasteiger partial charge < -0.3 is 19.8 Å². The molecule has 7 nitrogen and oxygen atoms in total. The van der Waals surface area contributed by atoms with Crippen LogP contribution in [0.2, 0.25) is 5.02 Å². The average Bonchev–Trinajstić information content (AvgIpc) is 3.22. The molecule has 1 unspecified atom stereocenters. The largest absolute Gasteiger partial charge is 0.443 e. The number of rotatable bonds is 6. The molecule has 0 radical (unpaired) electrons. The lowest BCUT2D eigenvalue weighted by Gasteiger charge is -2.35. The summed E-state index contributed by atoms with van der Waals surface area (Å²) >= 11 is 6.52. The van der Waals surface area contributed by atoms with E-state index < -0.39 is 0 Å². The molecule has 1 aliphatic heterocycles. The fourth-order valence-corrected chi connectivity index (χ4v) is 3.64. The van der Waals surface area contributed by atoms with Gasteiger partial charge in [0, 0.05) is 37.1 Å². The Labute approximate surface area is 207 Å². The predicted octanol–water partition coefficient (Wildman–Crippen LogP) is 3.98. The van der Waals surface area contributed by atoms with Crippen LogP contribution in [0.4, 0.5) is 0 Å². The van der Waals surface area contributed by atoms with Gasteiger partial charge in [-0.15, -0.1) is 24.0 Å². The van der Waals surface area contributed by atoms with Crippen LogP contribution >= 0.6 is 35.6 Å². The van der Waals surface area contributed by atoms with E-state index in [1.807, 2.05) is 18.2 Å². The van der Waals surface area contributed by atoms with Crippen molar-refractivity contribution in [1.29, 1.82) is 0 Å². The Morgan fingerprint density at radius 1 is 1.23 bits per heavy atom. The number of halogens is 2. The van der Waals surface area contributed by atoms with Crippen LogP contribution < -0.4 is 10.6 Å². The number of hydrogen-bond donors (Lipinski definition) is 2. The standard InChI is InChI=1S/C22H32ClN5O2.HI/c1-22(2,3)19-14-25-20(30-19)15-27-21(24-4)26-13-18(28-9-11-29-12-10-28)16-7-5-6-8-17(16)23;/h5-8,14,18H,9-13,15H2,1-4H3,(H2,24,26,27);1H. The minimum absolute atomic E-state index is 0. The SMILES string of the molecule is CN=C(NCc1ncc(C(C)(C)C)o1)NCC(c1ccccc1Cl)N1CCOCC1.I. The molecule has 31 heavy (non-hydrogen) atoms. The number of aromatic nitrogens is 1. The number of ether oxygens (including phenoxy) is 1. The van der Waals surface area contributed by atoms with Crippen LogP contribution in [0.15, 0.2) is 39.9 Å². The maximum atomic E-state index is 6.52. The maximum Gasteiger partial charge on any atom is 0.213 e. The van der Waals surface area contributed by atoms with E-state index in [9.17, 15) is 0 Å². The molecule has 1 aromatic carbocycles. The fourth-order valence-electron chi connectivity index (χ4n) is 3.38. The van der Waals surface area contributed by atoms with Gasteiger partial charge in [0.05, 0.1) is 32.0 Å². The number of nitrogens with one attached hydrogen (secondary N) is 2. The summed E-state index contributed by atoms with van der Waals surface area (Å²) in [5, 5.41) is 7.48. The van der Waals surface area contributed by atoms with Crippen molar-refractivity contribution < 1.29 is 9.15 Å². The first-order chi connectivity index (χ1) is 14.4. The Hall–Kier alpha value is -1.36. The molecule has 1 aliphatic rings. The molecule has 1 saturated heterocycles.